The van der Waals surface area contributed by atoms with Crippen LogP contribution in [-0.4, -0.2) is 24.9 Å². The van der Waals surface area contributed by atoms with Crippen LogP contribution in [0.3, 0.4) is 0 Å². The van der Waals surface area contributed by atoms with Crippen molar-refractivity contribution in [3.8, 4) is 0 Å². The number of nitrogen functional groups attached to an aromatic ring is 1. The van der Waals surface area contributed by atoms with Crippen molar-refractivity contribution in [1.29, 1.82) is 0 Å². The van der Waals surface area contributed by atoms with Gasteiger partial charge in [-0.05, 0) is 50.9 Å². The highest BCUT2D eigenvalue weighted by Crippen LogP contribution is 2.38. The normalized spacial score (nSPS) is 20.9. The molecule has 0 atom stereocenters. The molecule has 114 valence electrons. The van der Waals surface area contributed by atoms with Crippen LogP contribution in [-0.2, 0) is 9.31 Å². The van der Waals surface area contributed by atoms with E-state index in [4.69, 9.17) is 32.4 Å². The van der Waals surface area contributed by atoms with Crippen molar-refractivity contribution in [2.24, 2.45) is 5.73 Å². The first kappa shape index (κ1) is 16.4. The van der Waals surface area contributed by atoms with Crippen molar-refractivity contribution in [2.45, 2.75) is 38.9 Å². The molecule has 0 amide bonds. The van der Waals surface area contributed by atoms with Crippen molar-refractivity contribution in [2.75, 3.05) is 12.3 Å². The van der Waals surface area contributed by atoms with Gasteiger partial charge in [-0.3, -0.25) is 0 Å². The SMILES string of the molecule is CC1(C)OB(C(=Cc2ccc(Cl)c(N)c2)CN)OC1(C)C. The monoisotopic (exact) mass is 308 g/mol. The fourth-order valence-electron chi connectivity index (χ4n) is 2.08. The molecule has 4 nitrogen and oxygen atoms in total. The Kier molecular flexibility index (Phi) is 4.40. The van der Waals surface area contributed by atoms with Crippen LogP contribution in [0.15, 0.2) is 23.7 Å². The second-order valence-corrected chi connectivity index (χ2v) is 6.70. The maximum atomic E-state index is 6.02. The van der Waals surface area contributed by atoms with E-state index in [1.165, 1.54) is 0 Å². The van der Waals surface area contributed by atoms with Gasteiger partial charge in [-0.15, -0.1) is 0 Å². The number of halogens is 1. The predicted molar refractivity (Wildman–Crippen MR) is 89.0 cm³/mol. The Morgan fingerprint density at radius 2 is 1.81 bits per heavy atom. The highest BCUT2D eigenvalue weighted by molar-refractivity contribution is 6.55. The van der Waals surface area contributed by atoms with E-state index in [0.29, 0.717) is 17.3 Å². The molecule has 0 aromatic heterocycles. The van der Waals surface area contributed by atoms with E-state index < -0.39 is 7.12 Å². The minimum Gasteiger partial charge on any atom is -0.400 e. The first-order valence-corrected chi connectivity index (χ1v) is 7.35. The van der Waals surface area contributed by atoms with Gasteiger partial charge in [0.05, 0.1) is 21.9 Å². The molecule has 0 radical (unpaired) electrons. The molecule has 1 aromatic rings. The molecule has 4 N–H and O–H groups in total. The zero-order valence-corrected chi connectivity index (χ0v) is 13.7. The number of anilines is 1. The van der Waals surface area contributed by atoms with Gasteiger partial charge in [0.25, 0.3) is 0 Å². The highest BCUT2D eigenvalue weighted by atomic mass is 35.5. The number of hydrogen-bond donors (Lipinski definition) is 2. The standard InChI is InChI=1S/C15H22BClN2O2/c1-14(2)15(3,4)21-16(20-14)11(9-18)7-10-5-6-12(17)13(19)8-10/h5-8H,9,18-19H2,1-4H3. The van der Waals surface area contributed by atoms with Crippen molar-refractivity contribution in [3.63, 3.8) is 0 Å². The zero-order valence-electron chi connectivity index (χ0n) is 12.9. The number of rotatable bonds is 3. The minimum absolute atomic E-state index is 0.347. The summed E-state index contributed by atoms with van der Waals surface area (Å²) >= 11 is 5.93. The summed E-state index contributed by atoms with van der Waals surface area (Å²) < 4.78 is 12.0. The van der Waals surface area contributed by atoms with Gasteiger partial charge in [0.2, 0.25) is 0 Å². The molecule has 0 spiro atoms. The third kappa shape index (κ3) is 3.26. The number of nitrogens with two attached hydrogens (primary N) is 2. The first-order valence-electron chi connectivity index (χ1n) is 6.97. The van der Waals surface area contributed by atoms with E-state index in [9.17, 15) is 0 Å². The van der Waals surface area contributed by atoms with Gasteiger partial charge in [-0.2, -0.15) is 0 Å². The van der Waals surface area contributed by atoms with E-state index in [2.05, 4.69) is 0 Å². The Balaban J connectivity index is 2.28. The summed E-state index contributed by atoms with van der Waals surface area (Å²) in [4.78, 5) is 0. The lowest BCUT2D eigenvalue weighted by Crippen LogP contribution is -2.41. The summed E-state index contributed by atoms with van der Waals surface area (Å²) in [6.45, 7) is 8.41. The molecule has 0 unspecified atom stereocenters. The molecule has 1 heterocycles. The smallest absolute Gasteiger partial charge is 0.400 e. The van der Waals surface area contributed by atoms with Gasteiger partial charge in [0, 0.05) is 6.54 Å². The lowest BCUT2D eigenvalue weighted by molar-refractivity contribution is 0.00578. The van der Waals surface area contributed by atoms with Gasteiger partial charge >= 0.3 is 7.12 Å². The number of hydrogen-bond acceptors (Lipinski definition) is 4. The zero-order chi connectivity index (χ0) is 15.8. The van der Waals surface area contributed by atoms with Crippen LogP contribution in [0.1, 0.15) is 33.3 Å². The Morgan fingerprint density at radius 3 is 2.29 bits per heavy atom. The first-order chi connectivity index (χ1) is 9.66. The van der Waals surface area contributed by atoms with Gasteiger partial charge < -0.3 is 20.8 Å². The van der Waals surface area contributed by atoms with E-state index in [-0.39, 0.29) is 11.2 Å². The van der Waals surface area contributed by atoms with Crippen molar-refractivity contribution >= 4 is 30.5 Å². The maximum Gasteiger partial charge on any atom is 0.491 e. The summed E-state index contributed by atoms with van der Waals surface area (Å²) in [7, 11) is -0.447. The Bertz CT molecular complexity index is 557. The summed E-state index contributed by atoms with van der Waals surface area (Å²) in [6, 6.07) is 5.46. The Labute approximate surface area is 131 Å². The third-order valence-corrected chi connectivity index (χ3v) is 4.51. The summed E-state index contributed by atoms with van der Waals surface area (Å²) in [6.07, 6.45) is 1.94. The van der Waals surface area contributed by atoms with Crippen molar-refractivity contribution < 1.29 is 9.31 Å². The van der Waals surface area contributed by atoms with Gasteiger partial charge in [-0.25, -0.2) is 0 Å². The average molecular weight is 309 g/mol. The molecular weight excluding hydrogens is 286 g/mol. The quantitative estimate of drug-likeness (QED) is 0.665. The summed E-state index contributed by atoms with van der Waals surface area (Å²) in [5.74, 6) is 0. The van der Waals surface area contributed by atoms with E-state index >= 15 is 0 Å². The lowest BCUT2D eigenvalue weighted by atomic mass is 9.77. The third-order valence-electron chi connectivity index (χ3n) is 4.16. The van der Waals surface area contributed by atoms with E-state index in [1.807, 2.05) is 45.9 Å². The van der Waals surface area contributed by atoms with Gasteiger partial charge in [0.15, 0.2) is 0 Å². The minimum atomic E-state index is -0.447. The Morgan fingerprint density at radius 1 is 1.24 bits per heavy atom. The van der Waals surface area contributed by atoms with Crippen LogP contribution in [0.25, 0.3) is 6.08 Å². The van der Waals surface area contributed by atoms with Crippen LogP contribution in [0.4, 0.5) is 5.69 Å². The molecule has 6 heteroatoms. The molecule has 0 aliphatic carbocycles. The molecule has 2 rings (SSSR count). The Hall–Kier alpha value is -1.01. The molecule has 0 bridgehead atoms. The molecule has 1 saturated heterocycles. The molecule has 1 aromatic carbocycles. The average Bonchev–Trinajstić information content (AvgIpc) is 2.59. The van der Waals surface area contributed by atoms with Crippen LogP contribution in [0.5, 0.6) is 0 Å². The molecular formula is C15H22BClN2O2. The molecule has 1 fully saturated rings. The van der Waals surface area contributed by atoms with E-state index in [0.717, 1.165) is 11.0 Å². The van der Waals surface area contributed by atoms with Crippen LogP contribution < -0.4 is 11.5 Å². The molecule has 0 saturated carbocycles. The maximum absolute atomic E-state index is 6.02. The van der Waals surface area contributed by atoms with Crippen LogP contribution >= 0.6 is 11.6 Å². The van der Waals surface area contributed by atoms with Gasteiger partial charge in [0.1, 0.15) is 0 Å². The van der Waals surface area contributed by atoms with Gasteiger partial charge in [-0.1, -0.05) is 23.7 Å². The molecule has 1 aliphatic rings. The largest absolute Gasteiger partial charge is 0.491 e. The second kappa shape index (κ2) is 5.65. The fourth-order valence-corrected chi connectivity index (χ4v) is 2.20. The fraction of sp³-hybridized carbons (Fsp3) is 0.467. The molecule has 21 heavy (non-hydrogen) atoms. The topological polar surface area (TPSA) is 70.5 Å². The second-order valence-electron chi connectivity index (χ2n) is 6.29. The predicted octanol–water partition coefficient (Wildman–Crippen LogP) is 2.90. The number of benzene rings is 1. The van der Waals surface area contributed by atoms with E-state index in [1.54, 1.807) is 6.07 Å². The highest BCUT2D eigenvalue weighted by Gasteiger charge is 2.52. The van der Waals surface area contributed by atoms with Crippen molar-refractivity contribution in [1.82, 2.24) is 0 Å². The molecule has 1 aliphatic heterocycles. The summed E-state index contributed by atoms with van der Waals surface area (Å²) in [5, 5.41) is 0.539. The lowest BCUT2D eigenvalue weighted by Gasteiger charge is -2.32. The van der Waals surface area contributed by atoms with Crippen LogP contribution in [0.2, 0.25) is 5.02 Å². The van der Waals surface area contributed by atoms with Crippen molar-refractivity contribution in [3.05, 3.63) is 34.3 Å². The van der Waals surface area contributed by atoms with Crippen LogP contribution in [0, 0.1) is 0 Å². The summed E-state index contributed by atoms with van der Waals surface area (Å²) in [5.41, 5.74) is 13.2.